The number of benzene rings is 3. The van der Waals surface area contributed by atoms with E-state index in [0.717, 1.165) is 21.9 Å². The quantitative estimate of drug-likeness (QED) is 0.504. The highest BCUT2D eigenvalue weighted by molar-refractivity contribution is 7.18. The van der Waals surface area contributed by atoms with Crippen molar-refractivity contribution in [3.05, 3.63) is 96.1 Å². The normalized spacial score (nSPS) is 10.4. The van der Waals surface area contributed by atoms with E-state index in [1.807, 2.05) is 72.8 Å². The fraction of sp³-hybridized carbons (Fsp3) is 0.0455. The van der Waals surface area contributed by atoms with Crippen LogP contribution in [0.1, 0.15) is 15.9 Å². The Hall–Kier alpha value is -3.51. The van der Waals surface area contributed by atoms with Gasteiger partial charge < -0.3 is 4.74 Å². The second-order valence-corrected chi connectivity index (χ2v) is 7.01. The highest BCUT2D eigenvalue weighted by Gasteiger charge is 2.11. The summed E-state index contributed by atoms with van der Waals surface area (Å²) in [7, 11) is 0. The van der Waals surface area contributed by atoms with E-state index >= 15 is 0 Å². The monoisotopic (exact) mass is 387 g/mol. The predicted octanol–water partition coefficient (Wildman–Crippen LogP) is 5.04. The second kappa shape index (κ2) is 8.45. The van der Waals surface area contributed by atoms with Crippen LogP contribution in [0.4, 0.5) is 5.13 Å². The lowest BCUT2D eigenvalue weighted by atomic mass is 10.1. The molecule has 6 heteroatoms. The molecule has 0 atom stereocenters. The van der Waals surface area contributed by atoms with Gasteiger partial charge in [0.1, 0.15) is 17.4 Å². The third-order valence-electron chi connectivity index (χ3n) is 4.03. The number of aromatic nitrogens is 2. The van der Waals surface area contributed by atoms with Crippen molar-refractivity contribution in [2.45, 2.75) is 6.61 Å². The molecule has 1 heterocycles. The van der Waals surface area contributed by atoms with Gasteiger partial charge in [0.05, 0.1) is 0 Å². The maximum Gasteiger partial charge on any atom is 0.257 e. The standard InChI is InChI=1S/C22H17N3O2S/c26-20(23-22-25-24-21(28-22)18-7-3-1-4-8-18)17-13-11-16(12-14-17)15-27-19-9-5-2-6-10-19/h1-14H,15H2,(H,23,25,26). The van der Waals surface area contributed by atoms with Crippen LogP contribution in [0.5, 0.6) is 5.75 Å². The fourth-order valence-electron chi connectivity index (χ4n) is 2.58. The Morgan fingerprint density at radius 2 is 1.54 bits per heavy atom. The summed E-state index contributed by atoms with van der Waals surface area (Å²) in [6.07, 6.45) is 0. The van der Waals surface area contributed by atoms with E-state index < -0.39 is 0 Å². The minimum Gasteiger partial charge on any atom is -0.489 e. The summed E-state index contributed by atoms with van der Waals surface area (Å²) < 4.78 is 5.72. The third kappa shape index (κ3) is 4.42. The Morgan fingerprint density at radius 3 is 2.25 bits per heavy atom. The van der Waals surface area contributed by atoms with E-state index in [-0.39, 0.29) is 5.91 Å². The molecule has 4 rings (SSSR count). The van der Waals surface area contributed by atoms with Crippen LogP contribution in [0.3, 0.4) is 0 Å². The number of para-hydroxylation sites is 1. The number of nitrogens with one attached hydrogen (secondary N) is 1. The molecule has 0 spiro atoms. The third-order valence-corrected chi connectivity index (χ3v) is 4.92. The van der Waals surface area contributed by atoms with Gasteiger partial charge in [-0.15, -0.1) is 10.2 Å². The van der Waals surface area contributed by atoms with E-state index in [4.69, 9.17) is 4.74 Å². The van der Waals surface area contributed by atoms with E-state index in [1.54, 1.807) is 12.1 Å². The van der Waals surface area contributed by atoms with E-state index in [1.165, 1.54) is 11.3 Å². The summed E-state index contributed by atoms with van der Waals surface area (Å²) in [5, 5.41) is 12.2. The van der Waals surface area contributed by atoms with Crippen molar-refractivity contribution in [3.8, 4) is 16.3 Å². The molecule has 138 valence electrons. The molecule has 4 aromatic rings. The molecular weight excluding hydrogens is 370 g/mol. The van der Waals surface area contributed by atoms with Gasteiger partial charge >= 0.3 is 0 Å². The molecule has 0 saturated heterocycles. The van der Waals surface area contributed by atoms with Gasteiger partial charge in [-0.3, -0.25) is 10.1 Å². The van der Waals surface area contributed by atoms with E-state index in [0.29, 0.717) is 17.3 Å². The lowest BCUT2D eigenvalue weighted by molar-refractivity contribution is 0.102. The summed E-state index contributed by atoms with van der Waals surface area (Å²) in [5.74, 6) is 0.598. The molecule has 0 aliphatic heterocycles. The number of carbonyl (C=O) groups is 1. The first-order valence-corrected chi connectivity index (χ1v) is 9.57. The first kappa shape index (κ1) is 17.9. The highest BCUT2D eigenvalue weighted by atomic mass is 32.1. The maximum atomic E-state index is 12.4. The molecule has 0 bridgehead atoms. The molecular formula is C22H17N3O2S. The lowest BCUT2D eigenvalue weighted by Crippen LogP contribution is -2.11. The van der Waals surface area contributed by atoms with Crippen LogP contribution < -0.4 is 10.1 Å². The smallest absolute Gasteiger partial charge is 0.257 e. The van der Waals surface area contributed by atoms with Gasteiger partial charge in [0.15, 0.2) is 0 Å². The topological polar surface area (TPSA) is 64.1 Å². The van der Waals surface area contributed by atoms with Crippen molar-refractivity contribution in [2.75, 3.05) is 5.32 Å². The average Bonchev–Trinajstić information content (AvgIpc) is 3.22. The summed E-state index contributed by atoms with van der Waals surface area (Å²) in [6.45, 7) is 0.447. The molecule has 0 unspecified atom stereocenters. The number of carbonyl (C=O) groups excluding carboxylic acids is 1. The zero-order valence-corrected chi connectivity index (χ0v) is 15.7. The molecule has 5 nitrogen and oxygen atoms in total. The minimum absolute atomic E-state index is 0.216. The number of rotatable bonds is 6. The molecule has 1 N–H and O–H groups in total. The Kier molecular flexibility index (Phi) is 5.40. The van der Waals surface area contributed by atoms with E-state index in [9.17, 15) is 4.79 Å². The predicted molar refractivity (Wildman–Crippen MR) is 111 cm³/mol. The first-order chi connectivity index (χ1) is 13.8. The van der Waals surface area contributed by atoms with Crippen molar-refractivity contribution < 1.29 is 9.53 Å². The van der Waals surface area contributed by atoms with Crippen LogP contribution in [-0.2, 0) is 6.61 Å². The molecule has 1 aromatic heterocycles. The number of nitrogens with zero attached hydrogens (tertiary/aromatic N) is 2. The summed E-state index contributed by atoms with van der Waals surface area (Å²) in [5.41, 5.74) is 2.52. The van der Waals surface area contributed by atoms with Crippen molar-refractivity contribution in [3.63, 3.8) is 0 Å². The molecule has 0 fully saturated rings. The van der Waals surface area contributed by atoms with Crippen LogP contribution in [0.15, 0.2) is 84.9 Å². The first-order valence-electron chi connectivity index (χ1n) is 8.75. The Balaban J connectivity index is 1.37. The van der Waals surface area contributed by atoms with Gasteiger partial charge in [-0.05, 0) is 29.8 Å². The fourth-order valence-corrected chi connectivity index (χ4v) is 3.32. The van der Waals surface area contributed by atoms with Gasteiger partial charge in [-0.2, -0.15) is 0 Å². The maximum absolute atomic E-state index is 12.4. The average molecular weight is 387 g/mol. The number of anilines is 1. The van der Waals surface area contributed by atoms with Crippen LogP contribution in [0.25, 0.3) is 10.6 Å². The van der Waals surface area contributed by atoms with Crippen molar-refractivity contribution >= 4 is 22.4 Å². The van der Waals surface area contributed by atoms with Gasteiger partial charge in [-0.25, -0.2) is 0 Å². The second-order valence-electron chi connectivity index (χ2n) is 6.03. The molecule has 0 saturated carbocycles. The molecule has 3 aromatic carbocycles. The van der Waals surface area contributed by atoms with Crippen molar-refractivity contribution in [1.29, 1.82) is 0 Å². The van der Waals surface area contributed by atoms with Crippen LogP contribution in [-0.4, -0.2) is 16.1 Å². The minimum atomic E-state index is -0.216. The SMILES string of the molecule is O=C(Nc1nnc(-c2ccccc2)s1)c1ccc(COc2ccccc2)cc1. The van der Waals surface area contributed by atoms with Crippen molar-refractivity contribution in [2.24, 2.45) is 0 Å². The molecule has 0 aliphatic carbocycles. The number of ether oxygens (including phenoxy) is 1. The van der Waals surface area contributed by atoms with Crippen LogP contribution >= 0.6 is 11.3 Å². The summed E-state index contributed by atoms with van der Waals surface area (Å²) >= 11 is 1.34. The van der Waals surface area contributed by atoms with Gasteiger partial charge in [-0.1, -0.05) is 72.0 Å². The summed E-state index contributed by atoms with van der Waals surface area (Å²) in [6, 6.07) is 26.7. The van der Waals surface area contributed by atoms with Crippen LogP contribution in [0.2, 0.25) is 0 Å². The lowest BCUT2D eigenvalue weighted by Gasteiger charge is -2.07. The molecule has 0 radical (unpaired) electrons. The summed E-state index contributed by atoms with van der Waals surface area (Å²) in [4.78, 5) is 12.4. The Bertz CT molecular complexity index is 1050. The van der Waals surface area contributed by atoms with Crippen molar-refractivity contribution in [1.82, 2.24) is 10.2 Å². The number of hydrogen-bond acceptors (Lipinski definition) is 5. The number of amides is 1. The number of hydrogen-bond donors (Lipinski definition) is 1. The molecule has 28 heavy (non-hydrogen) atoms. The Morgan fingerprint density at radius 1 is 0.857 bits per heavy atom. The highest BCUT2D eigenvalue weighted by Crippen LogP contribution is 2.26. The molecule has 0 aliphatic rings. The molecule has 1 amide bonds. The van der Waals surface area contributed by atoms with E-state index in [2.05, 4.69) is 15.5 Å². The Labute approximate surface area is 166 Å². The van der Waals surface area contributed by atoms with Gasteiger partial charge in [0, 0.05) is 11.1 Å². The zero-order chi connectivity index (χ0) is 19.2. The van der Waals surface area contributed by atoms with Gasteiger partial charge in [0.2, 0.25) is 5.13 Å². The van der Waals surface area contributed by atoms with Crippen LogP contribution in [0, 0.1) is 0 Å². The van der Waals surface area contributed by atoms with Gasteiger partial charge in [0.25, 0.3) is 5.91 Å². The zero-order valence-electron chi connectivity index (χ0n) is 14.9. The largest absolute Gasteiger partial charge is 0.489 e.